The highest BCUT2D eigenvalue weighted by molar-refractivity contribution is 5.77. The van der Waals surface area contributed by atoms with Crippen molar-refractivity contribution in [2.75, 3.05) is 26.4 Å². The van der Waals surface area contributed by atoms with E-state index in [1.54, 1.807) is 17.0 Å². The van der Waals surface area contributed by atoms with Crippen molar-refractivity contribution in [2.45, 2.75) is 13.5 Å². The van der Waals surface area contributed by atoms with E-state index >= 15 is 0 Å². The molecule has 0 spiro atoms. The van der Waals surface area contributed by atoms with Gasteiger partial charge in [-0.1, -0.05) is 24.3 Å². The van der Waals surface area contributed by atoms with Gasteiger partial charge >= 0.3 is 0 Å². The minimum absolute atomic E-state index is 0.0305. The predicted molar refractivity (Wildman–Crippen MR) is 117 cm³/mol. The highest BCUT2D eigenvalue weighted by Crippen LogP contribution is 2.31. The first kappa shape index (κ1) is 20.6. The molecule has 0 atom stereocenters. The number of ether oxygens (including phenoxy) is 4. The minimum Gasteiger partial charge on any atom is -0.486 e. The summed E-state index contributed by atoms with van der Waals surface area (Å²) in [4.78, 5) is 14.4. The number of fused-ring (bicyclic) bond motifs is 1. The van der Waals surface area contributed by atoms with Crippen molar-refractivity contribution < 1.29 is 23.7 Å². The summed E-state index contributed by atoms with van der Waals surface area (Å²) in [6, 6.07) is 22.6. The van der Waals surface area contributed by atoms with Gasteiger partial charge in [0, 0.05) is 13.1 Å². The Morgan fingerprint density at radius 2 is 1.55 bits per heavy atom. The zero-order chi connectivity index (χ0) is 21.5. The van der Waals surface area contributed by atoms with Crippen LogP contribution in [0.15, 0.2) is 72.8 Å². The van der Waals surface area contributed by atoms with Crippen LogP contribution in [-0.2, 0) is 11.3 Å². The Morgan fingerprint density at radius 1 is 0.871 bits per heavy atom. The number of amides is 1. The third-order valence-electron chi connectivity index (χ3n) is 4.88. The second-order valence-electron chi connectivity index (χ2n) is 7.06. The fraction of sp³-hybridized carbons (Fsp3) is 0.240. The predicted octanol–water partition coefficient (Wildman–Crippen LogP) is 4.68. The summed E-state index contributed by atoms with van der Waals surface area (Å²) in [5, 5.41) is 0. The SMILES string of the molecule is CCN(Cc1ccc2c(c1)OCCO2)C(=O)COc1ccc(Oc2ccccc2)cc1. The summed E-state index contributed by atoms with van der Waals surface area (Å²) < 4.78 is 22.6. The van der Waals surface area contributed by atoms with E-state index in [2.05, 4.69) is 0 Å². The van der Waals surface area contributed by atoms with E-state index in [1.807, 2.05) is 67.6 Å². The topological polar surface area (TPSA) is 57.2 Å². The fourth-order valence-corrected chi connectivity index (χ4v) is 3.25. The number of hydrogen-bond acceptors (Lipinski definition) is 5. The summed E-state index contributed by atoms with van der Waals surface area (Å²) in [5.41, 5.74) is 0.988. The molecule has 0 aliphatic carbocycles. The van der Waals surface area contributed by atoms with Crippen LogP contribution >= 0.6 is 0 Å². The summed E-state index contributed by atoms with van der Waals surface area (Å²) >= 11 is 0. The van der Waals surface area contributed by atoms with Gasteiger partial charge in [-0.2, -0.15) is 0 Å². The Kier molecular flexibility index (Phi) is 6.57. The average molecular weight is 419 g/mol. The van der Waals surface area contributed by atoms with Crippen molar-refractivity contribution in [3.05, 3.63) is 78.4 Å². The number of carbonyl (C=O) groups is 1. The highest BCUT2D eigenvalue weighted by Gasteiger charge is 2.16. The third-order valence-corrected chi connectivity index (χ3v) is 4.88. The molecule has 0 fully saturated rings. The molecular formula is C25H25NO5. The van der Waals surface area contributed by atoms with E-state index in [0.717, 1.165) is 22.8 Å². The first-order valence-electron chi connectivity index (χ1n) is 10.3. The molecule has 1 heterocycles. The highest BCUT2D eigenvalue weighted by atomic mass is 16.6. The summed E-state index contributed by atoms with van der Waals surface area (Å²) in [7, 11) is 0. The molecule has 0 aromatic heterocycles. The van der Waals surface area contributed by atoms with E-state index in [0.29, 0.717) is 37.8 Å². The molecule has 31 heavy (non-hydrogen) atoms. The number of carbonyl (C=O) groups excluding carboxylic acids is 1. The number of para-hydroxylation sites is 1. The van der Waals surface area contributed by atoms with Crippen LogP contribution in [0.4, 0.5) is 0 Å². The summed E-state index contributed by atoms with van der Waals surface area (Å²) in [6.07, 6.45) is 0. The molecule has 0 unspecified atom stereocenters. The van der Waals surface area contributed by atoms with Crippen molar-refractivity contribution in [1.82, 2.24) is 4.90 Å². The van der Waals surface area contributed by atoms with Crippen molar-refractivity contribution in [3.63, 3.8) is 0 Å². The lowest BCUT2D eigenvalue weighted by molar-refractivity contribution is -0.133. The summed E-state index contributed by atoms with van der Waals surface area (Å²) in [6.45, 7) is 4.08. The molecule has 6 nitrogen and oxygen atoms in total. The van der Waals surface area contributed by atoms with Crippen molar-refractivity contribution in [1.29, 1.82) is 0 Å². The second kappa shape index (κ2) is 9.89. The molecule has 1 aliphatic rings. The van der Waals surface area contributed by atoms with Crippen molar-refractivity contribution in [3.8, 4) is 28.7 Å². The van der Waals surface area contributed by atoms with Crippen LogP contribution in [0, 0.1) is 0 Å². The van der Waals surface area contributed by atoms with Crippen LogP contribution in [0.25, 0.3) is 0 Å². The maximum atomic E-state index is 12.7. The van der Waals surface area contributed by atoms with Gasteiger partial charge in [-0.05, 0) is 61.0 Å². The molecule has 160 valence electrons. The van der Waals surface area contributed by atoms with Gasteiger partial charge in [0.05, 0.1) is 0 Å². The molecule has 3 aromatic rings. The van der Waals surface area contributed by atoms with Crippen molar-refractivity contribution >= 4 is 5.91 Å². The first-order valence-corrected chi connectivity index (χ1v) is 10.3. The molecule has 0 radical (unpaired) electrons. The largest absolute Gasteiger partial charge is 0.486 e. The van der Waals surface area contributed by atoms with Crippen LogP contribution in [-0.4, -0.2) is 37.2 Å². The molecule has 1 amide bonds. The molecule has 6 heteroatoms. The third kappa shape index (κ3) is 5.48. The number of benzene rings is 3. The number of rotatable bonds is 8. The van der Waals surface area contributed by atoms with Crippen LogP contribution < -0.4 is 18.9 Å². The normalized spacial score (nSPS) is 12.2. The first-order chi connectivity index (χ1) is 15.2. The van der Waals surface area contributed by atoms with Crippen molar-refractivity contribution in [2.24, 2.45) is 0 Å². The van der Waals surface area contributed by atoms with Gasteiger partial charge in [0.15, 0.2) is 18.1 Å². The quantitative estimate of drug-likeness (QED) is 0.531. The average Bonchev–Trinajstić information content (AvgIpc) is 2.82. The van der Waals surface area contributed by atoms with Crippen LogP contribution in [0.3, 0.4) is 0 Å². The Labute approximate surface area is 181 Å². The zero-order valence-electron chi connectivity index (χ0n) is 17.5. The number of hydrogen-bond donors (Lipinski definition) is 0. The molecule has 0 N–H and O–H groups in total. The van der Waals surface area contributed by atoms with E-state index in [9.17, 15) is 4.79 Å². The van der Waals surface area contributed by atoms with Gasteiger partial charge in [-0.25, -0.2) is 0 Å². The van der Waals surface area contributed by atoms with E-state index < -0.39 is 0 Å². The molecule has 0 saturated carbocycles. The lowest BCUT2D eigenvalue weighted by Gasteiger charge is -2.23. The minimum atomic E-state index is -0.0815. The lowest BCUT2D eigenvalue weighted by atomic mass is 10.1. The van der Waals surface area contributed by atoms with Gasteiger partial charge in [0.2, 0.25) is 0 Å². The number of nitrogens with zero attached hydrogens (tertiary/aromatic N) is 1. The molecule has 1 aliphatic heterocycles. The Morgan fingerprint density at radius 3 is 2.29 bits per heavy atom. The maximum absolute atomic E-state index is 12.7. The summed E-state index contributed by atoms with van der Waals surface area (Å²) in [5.74, 6) is 3.47. The van der Waals surface area contributed by atoms with E-state index in [1.165, 1.54) is 0 Å². The van der Waals surface area contributed by atoms with Crippen LogP contribution in [0.1, 0.15) is 12.5 Å². The van der Waals surface area contributed by atoms with Crippen LogP contribution in [0.5, 0.6) is 28.7 Å². The zero-order valence-corrected chi connectivity index (χ0v) is 17.5. The Balaban J connectivity index is 1.30. The van der Waals surface area contributed by atoms with Gasteiger partial charge in [0.25, 0.3) is 5.91 Å². The monoisotopic (exact) mass is 419 g/mol. The van der Waals surface area contributed by atoms with Gasteiger partial charge in [-0.3, -0.25) is 4.79 Å². The molecule has 0 bridgehead atoms. The van der Waals surface area contributed by atoms with Crippen LogP contribution in [0.2, 0.25) is 0 Å². The molecule has 3 aromatic carbocycles. The maximum Gasteiger partial charge on any atom is 0.260 e. The second-order valence-corrected chi connectivity index (χ2v) is 7.06. The molecule has 0 saturated heterocycles. The Hall–Kier alpha value is -3.67. The van der Waals surface area contributed by atoms with E-state index in [-0.39, 0.29) is 12.5 Å². The van der Waals surface area contributed by atoms with E-state index in [4.69, 9.17) is 18.9 Å². The molecular weight excluding hydrogens is 394 g/mol. The Bertz CT molecular complexity index is 1000. The number of likely N-dealkylation sites (N-methyl/N-ethyl adjacent to an activating group) is 1. The van der Waals surface area contributed by atoms with Gasteiger partial charge < -0.3 is 23.8 Å². The van der Waals surface area contributed by atoms with Gasteiger partial charge in [-0.15, -0.1) is 0 Å². The van der Waals surface area contributed by atoms with Gasteiger partial charge in [0.1, 0.15) is 30.5 Å². The standard InChI is InChI=1S/C25H25NO5/c1-2-26(17-19-8-13-23-24(16-19)29-15-14-28-23)25(27)18-30-20-9-11-22(12-10-20)31-21-6-4-3-5-7-21/h3-13,16H,2,14-15,17-18H2,1H3. The smallest absolute Gasteiger partial charge is 0.260 e. The fourth-order valence-electron chi connectivity index (χ4n) is 3.25. The molecule has 4 rings (SSSR count). The lowest BCUT2D eigenvalue weighted by Crippen LogP contribution is -2.34.